The molecule has 1 aromatic heterocycles. The van der Waals surface area contributed by atoms with Gasteiger partial charge in [0.2, 0.25) is 0 Å². The standard InChI is InChI=1S/C18H27N3S/c1-14(2)8-11-21-12-9-15(10-13-21)20(3)18-19-16-6-4-5-7-17(16)22-18/h4-7,14-15H,8-13H2,1-3H3. The van der Waals surface area contributed by atoms with Crippen molar-refractivity contribution >= 4 is 26.7 Å². The molecule has 0 atom stereocenters. The van der Waals surface area contributed by atoms with Gasteiger partial charge in [-0.3, -0.25) is 0 Å². The van der Waals surface area contributed by atoms with Crippen molar-refractivity contribution in [1.29, 1.82) is 0 Å². The number of aromatic nitrogens is 1. The predicted octanol–water partition coefficient (Wildman–Crippen LogP) is 4.24. The number of benzene rings is 1. The molecule has 1 aliphatic heterocycles. The molecule has 1 saturated heterocycles. The SMILES string of the molecule is CC(C)CCN1CCC(N(C)c2nc3ccccc3s2)CC1. The highest BCUT2D eigenvalue weighted by atomic mass is 32.1. The Hall–Kier alpha value is -1.13. The van der Waals surface area contributed by atoms with Crippen molar-refractivity contribution in [3.63, 3.8) is 0 Å². The summed E-state index contributed by atoms with van der Waals surface area (Å²) in [6, 6.07) is 9.07. The van der Waals surface area contributed by atoms with Gasteiger partial charge in [-0.15, -0.1) is 0 Å². The number of anilines is 1. The van der Waals surface area contributed by atoms with Gasteiger partial charge in [-0.1, -0.05) is 37.3 Å². The van der Waals surface area contributed by atoms with E-state index in [1.165, 1.54) is 48.7 Å². The molecule has 0 spiro atoms. The summed E-state index contributed by atoms with van der Waals surface area (Å²) in [6.07, 6.45) is 3.83. The van der Waals surface area contributed by atoms with Crippen LogP contribution in [0.3, 0.4) is 0 Å². The van der Waals surface area contributed by atoms with Crippen LogP contribution in [0.25, 0.3) is 10.2 Å². The Morgan fingerprint density at radius 1 is 1.27 bits per heavy atom. The van der Waals surface area contributed by atoms with Gasteiger partial charge in [-0.05, 0) is 43.9 Å². The molecule has 2 aromatic rings. The maximum atomic E-state index is 4.80. The molecule has 0 aliphatic carbocycles. The number of nitrogens with zero attached hydrogens (tertiary/aromatic N) is 3. The summed E-state index contributed by atoms with van der Waals surface area (Å²) in [6.45, 7) is 8.34. The fourth-order valence-corrected chi connectivity index (χ4v) is 4.14. The molecule has 0 saturated carbocycles. The monoisotopic (exact) mass is 317 g/mol. The number of likely N-dealkylation sites (tertiary alicyclic amines) is 1. The first-order valence-corrected chi connectivity index (χ1v) is 9.26. The zero-order valence-electron chi connectivity index (χ0n) is 14.0. The Balaban J connectivity index is 1.58. The molecule has 120 valence electrons. The van der Waals surface area contributed by atoms with Crippen molar-refractivity contribution in [2.24, 2.45) is 5.92 Å². The van der Waals surface area contributed by atoms with Gasteiger partial charge in [0.1, 0.15) is 0 Å². The number of hydrogen-bond acceptors (Lipinski definition) is 4. The second-order valence-electron chi connectivity index (χ2n) is 6.83. The van der Waals surface area contributed by atoms with E-state index in [4.69, 9.17) is 4.98 Å². The molecule has 1 aliphatic rings. The highest BCUT2D eigenvalue weighted by Gasteiger charge is 2.24. The van der Waals surface area contributed by atoms with Crippen LogP contribution in [0.1, 0.15) is 33.1 Å². The largest absolute Gasteiger partial charge is 0.348 e. The van der Waals surface area contributed by atoms with Gasteiger partial charge < -0.3 is 9.80 Å². The third-order valence-electron chi connectivity index (χ3n) is 4.71. The molecular weight excluding hydrogens is 290 g/mol. The Kier molecular flexibility index (Phi) is 4.99. The molecule has 2 heterocycles. The van der Waals surface area contributed by atoms with Crippen LogP contribution in [0.5, 0.6) is 0 Å². The van der Waals surface area contributed by atoms with Crippen LogP contribution in [0.2, 0.25) is 0 Å². The quantitative estimate of drug-likeness (QED) is 0.822. The lowest BCUT2D eigenvalue weighted by molar-refractivity contribution is 0.201. The lowest BCUT2D eigenvalue weighted by Gasteiger charge is -2.36. The van der Waals surface area contributed by atoms with E-state index in [9.17, 15) is 0 Å². The zero-order chi connectivity index (χ0) is 15.5. The zero-order valence-corrected chi connectivity index (χ0v) is 14.8. The minimum atomic E-state index is 0.635. The molecule has 1 fully saturated rings. The van der Waals surface area contributed by atoms with E-state index < -0.39 is 0 Å². The molecule has 0 amide bonds. The smallest absolute Gasteiger partial charge is 0.186 e. The molecule has 0 unspecified atom stereocenters. The van der Waals surface area contributed by atoms with Crippen LogP contribution in [0.15, 0.2) is 24.3 Å². The van der Waals surface area contributed by atoms with E-state index in [-0.39, 0.29) is 0 Å². The number of piperidine rings is 1. The van der Waals surface area contributed by atoms with Gasteiger partial charge in [0.05, 0.1) is 10.2 Å². The molecule has 0 bridgehead atoms. The molecule has 0 N–H and O–H groups in total. The van der Waals surface area contributed by atoms with Crippen LogP contribution in [0.4, 0.5) is 5.13 Å². The molecule has 3 nitrogen and oxygen atoms in total. The van der Waals surface area contributed by atoms with Crippen molar-refractivity contribution in [2.75, 3.05) is 31.6 Å². The van der Waals surface area contributed by atoms with Gasteiger partial charge in [0.25, 0.3) is 0 Å². The van der Waals surface area contributed by atoms with Gasteiger partial charge in [-0.25, -0.2) is 4.98 Å². The Bertz CT molecular complexity index is 566. The van der Waals surface area contributed by atoms with Crippen molar-refractivity contribution in [1.82, 2.24) is 9.88 Å². The maximum Gasteiger partial charge on any atom is 0.186 e. The Labute approximate surface area is 138 Å². The molecule has 4 heteroatoms. The van der Waals surface area contributed by atoms with E-state index in [1.807, 2.05) is 11.3 Å². The average molecular weight is 318 g/mol. The second-order valence-corrected chi connectivity index (χ2v) is 7.84. The van der Waals surface area contributed by atoms with Crippen LogP contribution in [0, 0.1) is 5.92 Å². The lowest BCUT2D eigenvalue weighted by atomic mass is 10.0. The third kappa shape index (κ3) is 3.61. The summed E-state index contributed by atoms with van der Waals surface area (Å²) in [5.74, 6) is 0.808. The highest BCUT2D eigenvalue weighted by Crippen LogP contribution is 2.30. The summed E-state index contributed by atoms with van der Waals surface area (Å²) in [5.41, 5.74) is 1.13. The van der Waals surface area contributed by atoms with E-state index in [0.717, 1.165) is 11.4 Å². The number of fused-ring (bicyclic) bond motifs is 1. The van der Waals surface area contributed by atoms with E-state index in [1.54, 1.807) is 0 Å². The van der Waals surface area contributed by atoms with Crippen LogP contribution < -0.4 is 4.90 Å². The average Bonchev–Trinajstić information content (AvgIpc) is 2.96. The highest BCUT2D eigenvalue weighted by molar-refractivity contribution is 7.22. The van der Waals surface area contributed by atoms with Gasteiger partial charge >= 0.3 is 0 Å². The van der Waals surface area contributed by atoms with Crippen molar-refractivity contribution in [2.45, 2.75) is 39.2 Å². The summed E-state index contributed by atoms with van der Waals surface area (Å²) < 4.78 is 1.29. The summed E-state index contributed by atoms with van der Waals surface area (Å²) in [5, 5.41) is 1.17. The molecule has 1 aromatic carbocycles. The fraction of sp³-hybridized carbons (Fsp3) is 0.611. The minimum absolute atomic E-state index is 0.635. The molecular formula is C18H27N3S. The Morgan fingerprint density at radius 3 is 2.68 bits per heavy atom. The molecule has 22 heavy (non-hydrogen) atoms. The van der Waals surface area contributed by atoms with E-state index in [2.05, 4.69) is 55.0 Å². The number of para-hydroxylation sites is 1. The van der Waals surface area contributed by atoms with Crippen LogP contribution in [-0.2, 0) is 0 Å². The maximum absolute atomic E-state index is 4.80. The first-order valence-electron chi connectivity index (χ1n) is 8.44. The minimum Gasteiger partial charge on any atom is -0.348 e. The first-order chi connectivity index (χ1) is 10.6. The summed E-state index contributed by atoms with van der Waals surface area (Å²) >= 11 is 1.82. The molecule has 0 radical (unpaired) electrons. The lowest BCUT2D eigenvalue weighted by Crippen LogP contribution is -2.43. The van der Waals surface area contributed by atoms with Crippen molar-refractivity contribution < 1.29 is 0 Å². The third-order valence-corrected chi connectivity index (χ3v) is 5.84. The fourth-order valence-electron chi connectivity index (χ4n) is 3.14. The predicted molar refractivity (Wildman–Crippen MR) is 96.9 cm³/mol. The Morgan fingerprint density at radius 2 is 2.00 bits per heavy atom. The van der Waals surface area contributed by atoms with Gasteiger partial charge in [-0.2, -0.15) is 0 Å². The first kappa shape index (κ1) is 15.8. The van der Waals surface area contributed by atoms with Gasteiger partial charge in [0.15, 0.2) is 5.13 Å². The van der Waals surface area contributed by atoms with E-state index >= 15 is 0 Å². The van der Waals surface area contributed by atoms with E-state index in [0.29, 0.717) is 6.04 Å². The topological polar surface area (TPSA) is 19.4 Å². The second kappa shape index (κ2) is 6.97. The van der Waals surface area contributed by atoms with Crippen molar-refractivity contribution in [3.8, 4) is 0 Å². The van der Waals surface area contributed by atoms with Gasteiger partial charge in [0, 0.05) is 26.2 Å². The van der Waals surface area contributed by atoms with Crippen LogP contribution in [-0.4, -0.2) is 42.6 Å². The number of hydrogen-bond donors (Lipinski definition) is 0. The number of thiazole rings is 1. The summed E-state index contributed by atoms with van der Waals surface area (Å²) in [4.78, 5) is 9.83. The summed E-state index contributed by atoms with van der Waals surface area (Å²) in [7, 11) is 2.21. The van der Waals surface area contributed by atoms with Crippen molar-refractivity contribution in [3.05, 3.63) is 24.3 Å². The number of rotatable bonds is 5. The normalized spacial score (nSPS) is 17.5. The van der Waals surface area contributed by atoms with Crippen LogP contribution >= 0.6 is 11.3 Å². The molecule has 3 rings (SSSR count).